The third kappa shape index (κ3) is 2.87. The quantitative estimate of drug-likeness (QED) is 0.713. The molecule has 1 aromatic carbocycles. The Morgan fingerprint density at radius 3 is 2.79 bits per heavy atom. The molecule has 1 aliphatic carbocycles. The normalized spacial score (nSPS) is 16.9. The molecule has 4 rings (SSSR count). The maximum Gasteiger partial charge on any atom is 0.329 e. The summed E-state index contributed by atoms with van der Waals surface area (Å²) in [4.78, 5) is 32.5. The number of nitrogens with zero attached hydrogens (tertiary/aromatic N) is 2. The van der Waals surface area contributed by atoms with E-state index in [0.717, 1.165) is 40.8 Å². The van der Waals surface area contributed by atoms with E-state index < -0.39 is 11.5 Å². The third-order valence-electron chi connectivity index (χ3n) is 5.69. The molecule has 28 heavy (non-hydrogen) atoms. The van der Waals surface area contributed by atoms with E-state index in [1.165, 1.54) is 9.44 Å². The average Bonchev–Trinajstić information content (AvgIpc) is 2.98. The van der Waals surface area contributed by atoms with Crippen LogP contribution >= 0.6 is 11.3 Å². The van der Waals surface area contributed by atoms with Gasteiger partial charge in [0.25, 0.3) is 5.56 Å². The Labute approximate surface area is 167 Å². The molecule has 0 saturated carbocycles. The van der Waals surface area contributed by atoms with Crippen LogP contribution in [0.15, 0.2) is 29.1 Å². The summed E-state index contributed by atoms with van der Waals surface area (Å²) in [6.07, 6.45) is 2.85. The van der Waals surface area contributed by atoms with E-state index in [0.29, 0.717) is 17.1 Å². The van der Waals surface area contributed by atoms with E-state index in [4.69, 9.17) is 4.98 Å². The van der Waals surface area contributed by atoms with Gasteiger partial charge in [-0.2, -0.15) is 0 Å². The van der Waals surface area contributed by atoms with Crippen LogP contribution in [0, 0.1) is 12.8 Å². The zero-order valence-corrected chi connectivity index (χ0v) is 17.4. The van der Waals surface area contributed by atoms with Crippen molar-refractivity contribution < 1.29 is 9.90 Å². The van der Waals surface area contributed by atoms with Gasteiger partial charge >= 0.3 is 5.97 Å². The molecule has 146 valence electrons. The Morgan fingerprint density at radius 2 is 2.11 bits per heavy atom. The van der Waals surface area contributed by atoms with Crippen molar-refractivity contribution in [2.45, 2.75) is 52.5 Å². The lowest BCUT2D eigenvalue weighted by Crippen LogP contribution is -2.44. The first-order valence-electron chi connectivity index (χ1n) is 9.58. The van der Waals surface area contributed by atoms with Crippen LogP contribution in [0.4, 0.5) is 0 Å². The number of fused-ring (bicyclic) bond motifs is 3. The first kappa shape index (κ1) is 18.9. The number of aryl methyl sites for hydroxylation is 2. The van der Waals surface area contributed by atoms with E-state index in [9.17, 15) is 14.7 Å². The van der Waals surface area contributed by atoms with E-state index in [1.54, 1.807) is 25.2 Å². The van der Waals surface area contributed by atoms with Gasteiger partial charge in [0.15, 0.2) is 0 Å². The summed E-state index contributed by atoms with van der Waals surface area (Å²) in [5, 5.41) is 10.5. The number of thiophene rings is 1. The minimum absolute atomic E-state index is 0.249. The molecular formula is C22H24N2O3S. The first-order chi connectivity index (χ1) is 13.2. The van der Waals surface area contributed by atoms with Gasteiger partial charge in [-0.05, 0) is 57.6 Å². The fourth-order valence-electron chi connectivity index (χ4n) is 3.98. The van der Waals surface area contributed by atoms with Crippen molar-refractivity contribution in [2.24, 2.45) is 5.92 Å². The second-order valence-corrected chi connectivity index (χ2v) is 9.43. The molecule has 1 aliphatic rings. The number of rotatable bonds is 3. The van der Waals surface area contributed by atoms with Crippen LogP contribution in [0.5, 0.6) is 0 Å². The maximum atomic E-state index is 13.6. The Hall–Kier alpha value is -2.47. The number of carbonyl (C=O) groups is 1. The minimum Gasteiger partial charge on any atom is -0.480 e. The number of carboxylic acid groups (broad SMARTS) is 1. The lowest BCUT2D eigenvalue weighted by molar-refractivity contribution is -0.145. The van der Waals surface area contributed by atoms with Crippen LogP contribution in [0.25, 0.3) is 21.6 Å². The van der Waals surface area contributed by atoms with Gasteiger partial charge in [0.05, 0.1) is 5.39 Å². The smallest absolute Gasteiger partial charge is 0.329 e. The molecule has 0 saturated heterocycles. The fourth-order valence-corrected chi connectivity index (χ4v) is 5.36. The highest BCUT2D eigenvalue weighted by molar-refractivity contribution is 7.18. The summed E-state index contributed by atoms with van der Waals surface area (Å²) in [7, 11) is 0. The lowest BCUT2D eigenvalue weighted by Gasteiger charge is -2.26. The Bertz CT molecular complexity index is 1160. The first-order valence-corrected chi connectivity index (χ1v) is 10.4. The van der Waals surface area contributed by atoms with Crippen molar-refractivity contribution in [3.8, 4) is 11.4 Å². The summed E-state index contributed by atoms with van der Waals surface area (Å²) in [6.45, 7) is 7.32. The van der Waals surface area contributed by atoms with Crippen molar-refractivity contribution in [2.75, 3.05) is 0 Å². The summed E-state index contributed by atoms with van der Waals surface area (Å²) in [5.74, 6) is -0.0443. The minimum atomic E-state index is -1.41. The Balaban J connectivity index is 2.10. The zero-order valence-electron chi connectivity index (χ0n) is 16.6. The zero-order chi connectivity index (χ0) is 20.2. The van der Waals surface area contributed by atoms with Gasteiger partial charge in [-0.15, -0.1) is 11.3 Å². The van der Waals surface area contributed by atoms with Crippen molar-refractivity contribution in [3.05, 3.63) is 50.6 Å². The molecule has 0 spiro atoms. The molecule has 0 amide bonds. The molecule has 3 aromatic rings. The second-order valence-electron chi connectivity index (χ2n) is 8.34. The highest BCUT2D eigenvalue weighted by Crippen LogP contribution is 2.37. The van der Waals surface area contributed by atoms with Crippen molar-refractivity contribution in [1.82, 2.24) is 9.55 Å². The van der Waals surface area contributed by atoms with Gasteiger partial charge in [0.2, 0.25) is 0 Å². The number of hydrogen-bond acceptors (Lipinski definition) is 4. The van der Waals surface area contributed by atoms with Gasteiger partial charge in [-0.3, -0.25) is 9.36 Å². The van der Waals surface area contributed by atoms with Crippen LogP contribution < -0.4 is 5.56 Å². The van der Waals surface area contributed by atoms with Crippen molar-refractivity contribution in [3.63, 3.8) is 0 Å². The van der Waals surface area contributed by atoms with Crippen LogP contribution in [-0.4, -0.2) is 20.6 Å². The largest absolute Gasteiger partial charge is 0.480 e. The molecular weight excluding hydrogens is 372 g/mol. The van der Waals surface area contributed by atoms with E-state index in [2.05, 4.69) is 6.92 Å². The molecule has 0 aliphatic heterocycles. The van der Waals surface area contributed by atoms with Gasteiger partial charge in [-0.1, -0.05) is 30.7 Å². The third-order valence-corrected chi connectivity index (χ3v) is 6.84. The molecule has 0 bridgehead atoms. The molecule has 1 unspecified atom stereocenters. The molecule has 2 aromatic heterocycles. The Kier molecular flexibility index (Phi) is 4.42. The fraction of sp³-hybridized carbons (Fsp3) is 0.409. The SMILES string of the molecule is Cc1cccc(-c2nc3sc4c(c3c(=O)n2C(C)(C)C(=O)O)CCC(C)C4)c1. The summed E-state index contributed by atoms with van der Waals surface area (Å²) >= 11 is 1.59. The summed E-state index contributed by atoms with van der Waals surface area (Å²) < 4.78 is 1.37. The van der Waals surface area contributed by atoms with Gasteiger partial charge in [-0.25, -0.2) is 9.78 Å². The molecule has 2 heterocycles. The molecule has 5 nitrogen and oxygen atoms in total. The van der Waals surface area contributed by atoms with Crippen LogP contribution in [0.1, 0.15) is 43.2 Å². The Morgan fingerprint density at radius 1 is 1.36 bits per heavy atom. The second kappa shape index (κ2) is 6.55. The summed E-state index contributed by atoms with van der Waals surface area (Å²) in [6, 6.07) is 7.69. The summed E-state index contributed by atoms with van der Waals surface area (Å²) in [5.41, 5.74) is 1.20. The molecule has 1 atom stereocenters. The number of aromatic nitrogens is 2. The topological polar surface area (TPSA) is 72.2 Å². The molecule has 6 heteroatoms. The predicted molar refractivity (Wildman–Crippen MR) is 112 cm³/mol. The number of carboxylic acids is 1. The van der Waals surface area contributed by atoms with E-state index in [-0.39, 0.29) is 5.56 Å². The number of hydrogen-bond donors (Lipinski definition) is 1. The monoisotopic (exact) mass is 396 g/mol. The van der Waals surface area contributed by atoms with Gasteiger partial charge < -0.3 is 5.11 Å². The van der Waals surface area contributed by atoms with Crippen LogP contribution in [0.2, 0.25) is 0 Å². The van der Waals surface area contributed by atoms with Crippen LogP contribution in [0.3, 0.4) is 0 Å². The van der Waals surface area contributed by atoms with E-state index >= 15 is 0 Å². The standard InChI is InChI=1S/C22H24N2O3S/c1-12-6-5-7-14(10-12)18-23-19-17(15-9-8-13(2)11-16(15)28-19)20(25)24(18)22(3,4)21(26)27/h5-7,10,13H,8-9,11H2,1-4H3,(H,26,27). The van der Waals surface area contributed by atoms with Crippen molar-refractivity contribution in [1.29, 1.82) is 0 Å². The van der Waals surface area contributed by atoms with Crippen molar-refractivity contribution >= 4 is 27.5 Å². The average molecular weight is 397 g/mol. The molecule has 0 fully saturated rings. The number of aliphatic carboxylic acids is 1. The van der Waals surface area contributed by atoms with Gasteiger partial charge in [0.1, 0.15) is 16.2 Å². The van der Waals surface area contributed by atoms with E-state index in [1.807, 2.05) is 31.2 Å². The maximum absolute atomic E-state index is 13.6. The highest BCUT2D eigenvalue weighted by Gasteiger charge is 2.35. The predicted octanol–water partition coefficient (Wildman–Crippen LogP) is 4.38. The van der Waals surface area contributed by atoms with Gasteiger partial charge in [0, 0.05) is 10.4 Å². The lowest BCUT2D eigenvalue weighted by atomic mass is 9.89. The highest BCUT2D eigenvalue weighted by atomic mass is 32.1. The molecule has 0 radical (unpaired) electrons. The molecule has 1 N–H and O–H groups in total. The van der Waals surface area contributed by atoms with Crippen LogP contribution in [-0.2, 0) is 23.2 Å². The number of benzene rings is 1.